The maximum atomic E-state index is 10.8. The fourth-order valence-electron chi connectivity index (χ4n) is 1.14. The lowest BCUT2D eigenvalue weighted by molar-refractivity contribution is -0.385. The van der Waals surface area contributed by atoms with Gasteiger partial charge in [0.25, 0.3) is 0 Å². The van der Waals surface area contributed by atoms with Gasteiger partial charge in [-0.3, -0.25) is 10.1 Å². The Labute approximate surface area is 106 Å². The normalized spacial score (nSPS) is 10.1. The summed E-state index contributed by atoms with van der Waals surface area (Å²) in [4.78, 5) is 10.1. The van der Waals surface area contributed by atoms with E-state index in [4.69, 9.17) is 44.3 Å². The van der Waals surface area contributed by atoms with Crippen LogP contribution < -0.4 is 9.47 Å². The summed E-state index contributed by atoms with van der Waals surface area (Å²) in [5, 5.41) is 10.4. The number of nitro benzene ring substituents is 1. The van der Waals surface area contributed by atoms with E-state index in [0.717, 1.165) is 0 Å². The minimum absolute atomic E-state index is 0.0309. The summed E-state index contributed by atoms with van der Waals surface area (Å²) in [5.41, 5.74) is -0.476. The van der Waals surface area contributed by atoms with E-state index in [9.17, 15) is 10.1 Å². The molecule has 1 aromatic carbocycles. The van der Waals surface area contributed by atoms with Gasteiger partial charge in [0, 0.05) is 0 Å². The monoisotopic (exact) mass is 285 g/mol. The molecule has 0 aliphatic carbocycles. The third-order valence-electron chi connectivity index (χ3n) is 1.80. The predicted molar refractivity (Wildman–Crippen MR) is 61.2 cm³/mol. The molecule has 0 bridgehead atoms. The van der Waals surface area contributed by atoms with Crippen molar-refractivity contribution < 1.29 is 14.4 Å². The van der Waals surface area contributed by atoms with Crippen molar-refractivity contribution in [1.29, 1.82) is 0 Å². The third kappa shape index (κ3) is 1.98. The van der Waals surface area contributed by atoms with Crippen LogP contribution in [0.15, 0.2) is 0 Å². The van der Waals surface area contributed by atoms with Crippen LogP contribution in [0.4, 0.5) is 5.69 Å². The van der Waals surface area contributed by atoms with Crippen LogP contribution >= 0.6 is 34.8 Å². The zero-order valence-electron chi connectivity index (χ0n) is 8.21. The van der Waals surface area contributed by atoms with Gasteiger partial charge in [0.15, 0.2) is 10.8 Å². The minimum atomic E-state index is -0.716. The molecule has 1 rings (SSSR count). The lowest BCUT2D eigenvalue weighted by Crippen LogP contribution is -1.98. The first-order valence-electron chi connectivity index (χ1n) is 3.88. The molecule has 0 fully saturated rings. The molecule has 0 heterocycles. The molecule has 0 N–H and O–H groups in total. The SMILES string of the molecule is COc1c(Cl)c(Cl)c(OC)c([N+](=O)[O-])c1Cl. The molecule has 0 atom stereocenters. The number of nitro groups is 1. The number of hydrogen-bond donors (Lipinski definition) is 0. The average Bonchev–Trinajstić information content (AvgIpc) is 2.23. The first kappa shape index (κ1) is 13.2. The van der Waals surface area contributed by atoms with Gasteiger partial charge in [-0.05, 0) is 0 Å². The minimum Gasteiger partial charge on any atom is -0.493 e. The fraction of sp³-hybridized carbons (Fsp3) is 0.250. The van der Waals surface area contributed by atoms with Gasteiger partial charge in [-0.25, -0.2) is 0 Å². The Hall–Kier alpha value is -0.910. The number of rotatable bonds is 3. The van der Waals surface area contributed by atoms with Gasteiger partial charge in [-0.2, -0.15) is 0 Å². The quantitative estimate of drug-likeness (QED) is 0.484. The van der Waals surface area contributed by atoms with E-state index in [0.29, 0.717) is 0 Å². The summed E-state index contributed by atoms with van der Waals surface area (Å²) in [5.74, 6) is -0.247. The van der Waals surface area contributed by atoms with Crippen LogP contribution in [0.5, 0.6) is 11.5 Å². The van der Waals surface area contributed by atoms with Gasteiger partial charge in [0.1, 0.15) is 10.0 Å². The number of benzene rings is 1. The Morgan fingerprint density at radius 2 is 1.44 bits per heavy atom. The molecule has 1 aromatic rings. The van der Waals surface area contributed by atoms with Gasteiger partial charge in [0.05, 0.1) is 19.1 Å². The summed E-state index contributed by atoms with van der Waals surface area (Å²) in [6.07, 6.45) is 0. The zero-order chi connectivity index (χ0) is 12.5. The lowest BCUT2D eigenvalue weighted by Gasteiger charge is -2.11. The largest absolute Gasteiger partial charge is 0.493 e. The van der Waals surface area contributed by atoms with E-state index in [1.807, 2.05) is 0 Å². The van der Waals surface area contributed by atoms with E-state index in [2.05, 4.69) is 0 Å². The molecule has 0 saturated carbocycles. The van der Waals surface area contributed by atoms with E-state index in [1.54, 1.807) is 0 Å². The molecule has 5 nitrogen and oxygen atoms in total. The van der Waals surface area contributed by atoms with Crippen LogP contribution in [-0.4, -0.2) is 19.1 Å². The first-order chi connectivity index (χ1) is 7.45. The number of hydrogen-bond acceptors (Lipinski definition) is 4. The topological polar surface area (TPSA) is 61.6 Å². The highest BCUT2D eigenvalue weighted by molar-refractivity contribution is 6.46. The number of halogens is 3. The number of methoxy groups -OCH3 is 2. The highest BCUT2D eigenvalue weighted by Gasteiger charge is 2.30. The van der Waals surface area contributed by atoms with Crippen molar-refractivity contribution in [1.82, 2.24) is 0 Å². The Balaban J connectivity index is 3.71. The van der Waals surface area contributed by atoms with Gasteiger partial charge < -0.3 is 9.47 Å². The van der Waals surface area contributed by atoms with Crippen LogP contribution in [0.25, 0.3) is 0 Å². The van der Waals surface area contributed by atoms with E-state index in [-0.39, 0.29) is 26.6 Å². The van der Waals surface area contributed by atoms with Crippen LogP contribution in [0.2, 0.25) is 15.1 Å². The highest BCUT2D eigenvalue weighted by Crippen LogP contribution is 2.51. The van der Waals surface area contributed by atoms with E-state index >= 15 is 0 Å². The third-order valence-corrected chi connectivity index (χ3v) is 2.97. The van der Waals surface area contributed by atoms with Gasteiger partial charge in [-0.15, -0.1) is 0 Å². The van der Waals surface area contributed by atoms with Gasteiger partial charge in [-0.1, -0.05) is 34.8 Å². The highest BCUT2D eigenvalue weighted by atomic mass is 35.5. The zero-order valence-corrected chi connectivity index (χ0v) is 10.5. The molecule has 0 aliphatic rings. The maximum Gasteiger partial charge on any atom is 0.334 e. The van der Waals surface area contributed by atoms with Crippen molar-refractivity contribution in [2.75, 3.05) is 14.2 Å². The molecule has 0 amide bonds. The molecule has 8 heteroatoms. The summed E-state index contributed by atoms with van der Waals surface area (Å²) in [7, 11) is 2.51. The van der Waals surface area contributed by atoms with Crippen LogP contribution in [-0.2, 0) is 0 Å². The van der Waals surface area contributed by atoms with E-state index < -0.39 is 10.6 Å². The number of ether oxygens (including phenoxy) is 2. The van der Waals surface area contributed by atoms with Crippen molar-refractivity contribution in [2.45, 2.75) is 0 Å². The van der Waals surface area contributed by atoms with Gasteiger partial charge in [0.2, 0.25) is 5.75 Å². The fourth-order valence-corrected chi connectivity index (χ4v) is 2.02. The lowest BCUT2D eigenvalue weighted by atomic mass is 10.2. The number of nitrogens with zero attached hydrogens (tertiary/aromatic N) is 1. The molecular weight excluding hydrogens is 280 g/mol. The molecule has 16 heavy (non-hydrogen) atoms. The van der Waals surface area contributed by atoms with Crippen molar-refractivity contribution in [3.05, 3.63) is 25.2 Å². The molecular formula is C8H6Cl3NO4. The van der Waals surface area contributed by atoms with Crippen molar-refractivity contribution >= 4 is 40.5 Å². The summed E-state index contributed by atoms with van der Waals surface area (Å²) in [6.45, 7) is 0. The second kappa shape index (κ2) is 4.95. The molecule has 0 unspecified atom stereocenters. The smallest absolute Gasteiger partial charge is 0.334 e. The summed E-state index contributed by atoms with van der Waals surface area (Å²) >= 11 is 17.4. The standard InChI is InChI=1S/C8H6Cl3NO4/c1-15-7-3(9)4(10)8(16-2)6(5(7)11)12(13)14/h1-2H3. The Kier molecular flexibility index (Phi) is 4.07. The Morgan fingerprint density at radius 1 is 1.00 bits per heavy atom. The molecule has 0 radical (unpaired) electrons. The summed E-state index contributed by atoms with van der Waals surface area (Å²) < 4.78 is 9.64. The Morgan fingerprint density at radius 3 is 1.81 bits per heavy atom. The predicted octanol–water partition coefficient (Wildman–Crippen LogP) is 3.57. The van der Waals surface area contributed by atoms with Crippen LogP contribution in [0.3, 0.4) is 0 Å². The molecule has 0 aromatic heterocycles. The maximum absolute atomic E-state index is 10.8. The van der Waals surface area contributed by atoms with Crippen LogP contribution in [0.1, 0.15) is 0 Å². The van der Waals surface area contributed by atoms with Crippen molar-refractivity contribution in [2.24, 2.45) is 0 Å². The first-order valence-corrected chi connectivity index (χ1v) is 5.01. The molecule has 0 aliphatic heterocycles. The van der Waals surface area contributed by atoms with E-state index in [1.165, 1.54) is 14.2 Å². The summed E-state index contributed by atoms with van der Waals surface area (Å²) in [6, 6.07) is 0. The second-order valence-electron chi connectivity index (χ2n) is 2.61. The average molecular weight is 286 g/mol. The van der Waals surface area contributed by atoms with Crippen LogP contribution in [0, 0.1) is 10.1 Å². The van der Waals surface area contributed by atoms with Crippen molar-refractivity contribution in [3.63, 3.8) is 0 Å². The van der Waals surface area contributed by atoms with Crippen molar-refractivity contribution in [3.8, 4) is 11.5 Å². The Bertz CT molecular complexity index is 450. The second-order valence-corrected chi connectivity index (χ2v) is 3.75. The van der Waals surface area contributed by atoms with Gasteiger partial charge >= 0.3 is 5.69 Å². The molecule has 0 saturated heterocycles. The molecule has 88 valence electrons. The molecule has 0 spiro atoms.